The monoisotopic (exact) mass is 248 g/mol. The second-order valence-electron chi connectivity index (χ2n) is 5.85. The lowest BCUT2D eigenvalue weighted by molar-refractivity contribution is 0.338. The number of nitrogens with one attached hydrogen (secondary N) is 1. The number of hydrogen-bond acceptors (Lipinski definition) is 3. The standard InChI is InChI=1S/C15H24N2O/c1-2-4-7-12(8-5-3-1)14-11-15(18-17-14)13-9-6-10-16-13/h11-13,16H,1-10H2. The van der Waals surface area contributed by atoms with Gasteiger partial charge in [0.15, 0.2) is 5.76 Å². The van der Waals surface area contributed by atoms with Gasteiger partial charge in [0.25, 0.3) is 0 Å². The van der Waals surface area contributed by atoms with Crippen LogP contribution in [0.5, 0.6) is 0 Å². The van der Waals surface area contributed by atoms with Gasteiger partial charge in [0.1, 0.15) is 0 Å². The maximum Gasteiger partial charge on any atom is 0.153 e. The van der Waals surface area contributed by atoms with E-state index in [9.17, 15) is 0 Å². The molecular formula is C15H24N2O. The number of aromatic nitrogens is 1. The van der Waals surface area contributed by atoms with Gasteiger partial charge >= 0.3 is 0 Å². The van der Waals surface area contributed by atoms with Crippen molar-refractivity contribution in [2.45, 2.75) is 69.7 Å². The first-order chi connectivity index (χ1) is 8.93. The Morgan fingerprint density at radius 2 is 1.78 bits per heavy atom. The summed E-state index contributed by atoms with van der Waals surface area (Å²) < 4.78 is 5.56. The molecule has 3 rings (SSSR count). The van der Waals surface area contributed by atoms with E-state index >= 15 is 0 Å². The first-order valence-corrected chi connectivity index (χ1v) is 7.63. The molecule has 3 nitrogen and oxygen atoms in total. The topological polar surface area (TPSA) is 38.1 Å². The van der Waals surface area contributed by atoms with Crippen molar-refractivity contribution in [3.05, 3.63) is 17.5 Å². The fourth-order valence-electron chi connectivity index (χ4n) is 3.34. The van der Waals surface area contributed by atoms with Crippen LogP contribution in [-0.2, 0) is 0 Å². The molecular weight excluding hydrogens is 224 g/mol. The highest BCUT2D eigenvalue weighted by atomic mass is 16.5. The first-order valence-electron chi connectivity index (χ1n) is 7.63. The van der Waals surface area contributed by atoms with E-state index in [4.69, 9.17) is 4.52 Å². The van der Waals surface area contributed by atoms with Gasteiger partial charge in [-0.05, 0) is 32.2 Å². The molecule has 2 fully saturated rings. The van der Waals surface area contributed by atoms with Crippen molar-refractivity contribution in [2.75, 3.05) is 6.54 Å². The number of nitrogens with zero attached hydrogens (tertiary/aromatic N) is 1. The Morgan fingerprint density at radius 3 is 2.50 bits per heavy atom. The fraction of sp³-hybridized carbons (Fsp3) is 0.800. The van der Waals surface area contributed by atoms with Crippen LogP contribution in [0.4, 0.5) is 0 Å². The van der Waals surface area contributed by atoms with Gasteiger partial charge in [-0.2, -0.15) is 0 Å². The fourth-order valence-corrected chi connectivity index (χ4v) is 3.34. The van der Waals surface area contributed by atoms with E-state index in [-0.39, 0.29) is 0 Å². The van der Waals surface area contributed by atoms with Crippen LogP contribution in [0.25, 0.3) is 0 Å². The lowest BCUT2D eigenvalue weighted by Gasteiger charge is -2.16. The predicted octanol–water partition coefficient (Wildman–Crippen LogP) is 3.93. The van der Waals surface area contributed by atoms with Crippen molar-refractivity contribution in [2.24, 2.45) is 0 Å². The molecule has 0 radical (unpaired) electrons. The van der Waals surface area contributed by atoms with E-state index in [2.05, 4.69) is 16.5 Å². The summed E-state index contributed by atoms with van der Waals surface area (Å²) in [6.07, 6.45) is 12.0. The van der Waals surface area contributed by atoms with Crippen LogP contribution >= 0.6 is 0 Å². The van der Waals surface area contributed by atoms with Crippen molar-refractivity contribution in [3.63, 3.8) is 0 Å². The van der Waals surface area contributed by atoms with Gasteiger partial charge in [-0.15, -0.1) is 0 Å². The van der Waals surface area contributed by atoms with Crippen molar-refractivity contribution in [1.82, 2.24) is 10.5 Å². The largest absolute Gasteiger partial charge is 0.359 e. The third-order valence-corrected chi connectivity index (χ3v) is 4.47. The zero-order valence-electron chi connectivity index (χ0n) is 11.2. The van der Waals surface area contributed by atoms with E-state index in [1.165, 1.54) is 63.5 Å². The smallest absolute Gasteiger partial charge is 0.153 e. The predicted molar refractivity (Wildman–Crippen MR) is 71.5 cm³/mol. The molecule has 0 spiro atoms. The lowest BCUT2D eigenvalue weighted by atomic mass is 9.89. The summed E-state index contributed by atoms with van der Waals surface area (Å²) >= 11 is 0. The highest BCUT2D eigenvalue weighted by molar-refractivity contribution is 5.14. The van der Waals surface area contributed by atoms with Crippen molar-refractivity contribution >= 4 is 0 Å². The number of rotatable bonds is 2. The second kappa shape index (κ2) is 5.87. The van der Waals surface area contributed by atoms with Crippen molar-refractivity contribution in [1.29, 1.82) is 0 Å². The van der Waals surface area contributed by atoms with Crippen LogP contribution in [0.15, 0.2) is 10.6 Å². The molecule has 2 aliphatic rings. The third-order valence-electron chi connectivity index (χ3n) is 4.47. The Morgan fingerprint density at radius 1 is 1.00 bits per heavy atom. The quantitative estimate of drug-likeness (QED) is 0.861. The van der Waals surface area contributed by atoms with Crippen molar-refractivity contribution < 1.29 is 4.52 Å². The Bertz CT molecular complexity index is 360. The Labute approximate surface area is 109 Å². The third kappa shape index (κ3) is 2.77. The van der Waals surface area contributed by atoms with E-state index < -0.39 is 0 Å². The molecule has 1 atom stereocenters. The van der Waals surface area contributed by atoms with E-state index in [1.807, 2.05) is 0 Å². The molecule has 18 heavy (non-hydrogen) atoms. The van der Waals surface area contributed by atoms with Gasteiger partial charge in [0.05, 0.1) is 11.7 Å². The zero-order chi connectivity index (χ0) is 12.2. The normalized spacial score (nSPS) is 27.0. The van der Waals surface area contributed by atoms with E-state index in [1.54, 1.807) is 0 Å². The summed E-state index contributed by atoms with van der Waals surface area (Å²) in [5.41, 5.74) is 1.21. The summed E-state index contributed by atoms with van der Waals surface area (Å²) in [6, 6.07) is 2.63. The molecule has 1 saturated carbocycles. The van der Waals surface area contributed by atoms with Crippen LogP contribution in [0, 0.1) is 0 Å². The molecule has 1 aliphatic heterocycles. The summed E-state index contributed by atoms with van der Waals surface area (Å²) in [5, 5.41) is 7.82. The van der Waals surface area contributed by atoms with Crippen LogP contribution in [0.2, 0.25) is 0 Å². The Balaban J connectivity index is 1.66. The molecule has 100 valence electrons. The highest BCUT2D eigenvalue weighted by Crippen LogP contribution is 2.32. The van der Waals surface area contributed by atoms with Crippen LogP contribution in [0.3, 0.4) is 0 Å². The summed E-state index contributed by atoms with van der Waals surface area (Å²) in [4.78, 5) is 0. The molecule has 2 heterocycles. The lowest BCUT2D eigenvalue weighted by Crippen LogP contribution is -2.11. The van der Waals surface area contributed by atoms with Crippen LogP contribution < -0.4 is 5.32 Å². The molecule has 1 aromatic heterocycles. The summed E-state index contributed by atoms with van der Waals surface area (Å²) in [6.45, 7) is 1.12. The van der Waals surface area contributed by atoms with Gasteiger partial charge in [0, 0.05) is 12.0 Å². The minimum atomic E-state index is 0.416. The van der Waals surface area contributed by atoms with Gasteiger partial charge in [-0.3, -0.25) is 0 Å². The van der Waals surface area contributed by atoms with Gasteiger partial charge in [-0.1, -0.05) is 37.3 Å². The second-order valence-corrected chi connectivity index (χ2v) is 5.85. The maximum atomic E-state index is 5.56. The molecule has 1 unspecified atom stereocenters. The van der Waals surface area contributed by atoms with Crippen molar-refractivity contribution in [3.8, 4) is 0 Å². The molecule has 1 aliphatic carbocycles. The zero-order valence-corrected chi connectivity index (χ0v) is 11.2. The van der Waals surface area contributed by atoms with Gasteiger partial charge in [-0.25, -0.2) is 0 Å². The molecule has 3 heteroatoms. The minimum absolute atomic E-state index is 0.416. The number of hydrogen-bond donors (Lipinski definition) is 1. The SMILES string of the molecule is c1c(C2CCCCCCC2)noc1C1CCCN1. The Hall–Kier alpha value is -0.830. The molecule has 0 amide bonds. The molecule has 1 saturated heterocycles. The van der Waals surface area contributed by atoms with E-state index in [0.717, 1.165) is 12.3 Å². The van der Waals surface area contributed by atoms with Gasteiger partial charge < -0.3 is 9.84 Å². The highest BCUT2D eigenvalue weighted by Gasteiger charge is 2.23. The molecule has 0 bridgehead atoms. The van der Waals surface area contributed by atoms with Crippen LogP contribution in [0.1, 0.15) is 81.2 Å². The van der Waals surface area contributed by atoms with E-state index in [0.29, 0.717) is 12.0 Å². The van der Waals surface area contributed by atoms with Gasteiger partial charge in [0.2, 0.25) is 0 Å². The maximum absolute atomic E-state index is 5.56. The first kappa shape index (κ1) is 12.2. The van der Waals surface area contributed by atoms with Crippen LogP contribution in [-0.4, -0.2) is 11.7 Å². The molecule has 0 aromatic carbocycles. The minimum Gasteiger partial charge on any atom is -0.359 e. The summed E-state index contributed by atoms with van der Waals surface area (Å²) in [7, 11) is 0. The Kier molecular flexibility index (Phi) is 3.99. The average molecular weight is 248 g/mol. The average Bonchev–Trinajstić information content (AvgIpc) is 2.98. The molecule has 1 aromatic rings. The summed E-state index contributed by atoms with van der Waals surface area (Å²) in [5.74, 6) is 1.70. The molecule has 1 N–H and O–H groups in total.